The highest BCUT2D eigenvalue weighted by Crippen LogP contribution is 2.36. The van der Waals surface area contributed by atoms with Crippen molar-refractivity contribution in [3.63, 3.8) is 0 Å². The van der Waals surface area contributed by atoms with Gasteiger partial charge in [0, 0.05) is 5.56 Å². The second-order valence-corrected chi connectivity index (χ2v) is 8.98. The molecule has 4 aromatic rings. The van der Waals surface area contributed by atoms with E-state index in [-0.39, 0.29) is 28.9 Å². The van der Waals surface area contributed by atoms with Crippen molar-refractivity contribution >= 4 is 32.6 Å². The van der Waals surface area contributed by atoms with Crippen LogP contribution in [0.3, 0.4) is 0 Å². The summed E-state index contributed by atoms with van der Waals surface area (Å²) in [5.41, 5.74) is 3.20. The van der Waals surface area contributed by atoms with Crippen LogP contribution in [0.5, 0.6) is 11.5 Å². The Morgan fingerprint density at radius 1 is 1.03 bits per heavy atom. The van der Waals surface area contributed by atoms with Gasteiger partial charge in [0.05, 0.1) is 23.9 Å². The zero-order valence-corrected chi connectivity index (χ0v) is 19.8. The summed E-state index contributed by atoms with van der Waals surface area (Å²) in [6, 6.07) is 19.8. The summed E-state index contributed by atoms with van der Waals surface area (Å²) in [6.45, 7) is 1.52. The number of rotatable bonds is 8. The van der Waals surface area contributed by atoms with Crippen LogP contribution in [0.4, 0.5) is 13.9 Å². The van der Waals surface area contributed by atoms with Crippen molar-refractivity contribution in [3.8, 4) is 11.5 Å². The van der Waals surface area contributed by atoms with E-state index in [2.05, 4.69) is 18.6 Å². The minimum absolute atomic E-state index is 0.0530. The fourth-order valence-corrected chi connectivity index (χ4v) is 4.68. The van der Waals surface area contributed by atoms with Crippen LogP contribution in [-0.4, -0.2) is 24.6 Å². The number of hydrogen-bond donors (Lipinski definition) is 0. The Labute approximate surface area is 200 Å². The Balaban J connectivity index is 1.77. The van der Waals surface area contributed by atoms with Crippen LogP contribution in [0.25, 0.3) is 10.2 Å². The number of nitrogens with zero attached hydrogens (tertiary/aromatic N) is 2. The van der Waals surface area contributed by atoms with Gasteiger partial charge in [-0.3, -0.25) is 9.69 Å². The van der Waals surface area contributed by atoms with Crippen LogP contribution in [0.1, 0.15) is 41.3 Å². The van der Waals surface area contributed by atoms with Crippen LogP contribution in [0.15, 0.2) is 66.7 Å². The number of amides is 1. The molecule has 1 amide bonds. The molecule has 0 spiro atoms. The predicted octanol–water partition coefficient (Wildman–Crippen LogP) is 6.88. The summed E-state index contributed by atoms with van der Waals surface area (Å²) in [7, 11) is 1.34. The van der Waals surface area contributed by atoms with E-state index in [9.17, 15) is 13.6 Å². The molecule has 0 radical (unpaired) electrons. The van der Waals surface area contributed by atoms with E-state index < -0.39 is 6.61 Å². The van der Waals surface area contributed by atoms with Gasteiger partial charge in [-0.15, -0.1) is 0 Å². The number of fused-ring (bicyclic) bond motifs is 1. The Morgan fingerprint density at radius 3 is 2.47 bits per heavy atom. The number of carbonyl (C=O) groups is 1. The third-order valence-corrected chi connectivity index (χ3v) is 6.39. The molecule has 0 aliphatic heterocycles. The van der Waals surface area contributed by atoms with Crippen molar-refractivity contribution in [2.45, 2.75) is 32.9 Å². The molecule has 176 valence electrons. The molecular weight excluding hydrogens is 458 g/mol. The maximum atomic E-state index is 13.7. The van der Waals surface area contributed by atoms with Crippen molar-refractivity contribution in [2.24, 2.45) is 0 Å². The van der Waals surface area contributed by atoms with Gasteiger partial charge in [-0.05, 0) is 41.3 Å². The maximum absolute atomic E-state index is 13.7. The lowest BCUT2D eigenvalue weighted by atomic mass is 10.0. The highest BCUT2D eigenvalue weighted by Gasteiger charge is 2.24. The second kappa shape index (κ2) is 10.2. The minimum atomic E-state index is -3.00. The first-order valence-electron chi connectivity index (χ1n) is 10.8. The van der Waals surface area contributed by atoms with E-state index in [1.165, 1.54) is 36.6 Å². The number of benzene rings is 3. The summed E-state index contributed by atoms with van der Waals surface area (Å²) < 4.78 is 36.1. The standard InChI is InChI=1S/C26H24F2N2O3S/c1-16(2)19-10-7-11-22-23(19)29-26(34-22)30(15-17-8-5-4-6-9-17)24(31)18-12-13-20(33-25(27)28)21(14-18)32-3/h4-14,16,25H,15H2,1-3H3. The molecule has 0 fully saturated rings. The first-order valence-corrected chi connectivity index (χ1v) is 11.6. The van der Waals surface area contributed by atoms with Crippen molar-refractivity contribution in [1.82, 2.24) is 4.98 Å². The first kappa shape index (κ1) is 23.6. The normalized spacial score (nSPS) is 11.3. The quantitative estimate of drug-likeness (QED) is 0.275. The number of aromatic nitrogens is 1. The average Bonchev–Trinajstić information content (AvgIpc) is 3.26. The Morgan fingerprint density at radius 2 is 1.79 bits per heavy atom. The largest absolute Gasteiger partial charge is 0.493 e. The molecule has 5 nitrogen and oxygen atoms in total. The topological polar surface area (TPSA) is 51.7 Å². The molecule has 3 aromatic carbocycles. The van der Waals surface area contributed by atoms with Crippen molar-refractivity contribution < 1.29 is 23.0 Å². The molecule has 0 atom stereocenters. The zero-order chi connectivity index (χ0) is 24.2. The van der Waals surface area contributed by atoms with E-state index in [1.54, 1.807) is 4.90 Å². The number of ether oxygens (including phenoxy) is 2. The summed E-state index contributed by atoms with van der Waals surface area (Å²) in [5.74, 6) is -0.123. The van der Waals surface area contributed by atoms with Crippen molar-refractivity contribution in [2.75, 3.05) is 12.0 Å². The van der Waals surface area contributed by atoms with Crippen LogP contribution in [-0.2, 0) is 6.54 Å². The third kappa shape index (κ3) is 5.02. The number of carbonyl (C=O) groups excluding carboxylic acids is 1. The van der Waals surface area contributed by atoms with E-state index in [4.69, 9.17) is 9.72 Å². The molecule has 0 saturated carbocycles. The van der Waals surface area contributed by atoms with Gasteiger partial charge < -0.3 is 9.47 Å². The van der Waals surface area contributed by atoms with E-state index in [1.807, 2.05) is 48.5 Å². The number of anilines is 1. The SMILES string of the molecule is COc1cc(C(=O)N(Cc2ccccc2)c2nc3c(C(C)C)cccc3s2)ccc1OC(F)F. The van der Waals surface area contributed by atoms with Gasteiger partial charge in [-0.25, -0.2) is 4.98 Å². The van der Waals surface area contributed by atoms with Crippen LogP contribution in [0.2, 0.25) is 0 Å². The van der Waals surface area contributed by atoms with Gasteiger partial charge in [-0.1, -0.05) is 67.6 Å². The smallest absolute Gasteiger partial charge is 0.387 e. The molecule has 0 aliphatic rings. The van der Waals surface area contributed by atoms with Gasteiger partial charge in [-0.2, -0.15) is 8.78 Å². The summed E-state index contributed by atoms with van der Waals surface area (Å²) >= 11 is 1.44. The molecule has 1 heterocycles. The second-order valence-electron chi connectivity index (χ2n) is 7.97. The van der Waals surface area contributed by atoms with Gasteiger partial charge in [0.1, 0.15) is 0 Å². The highest BCUT2D eigenvalue weighted by molar-refractivity contribution is 7.22. The fraction of sp³-hybridized carbons (Fsp3) is 0.231. The number of para-hydroxylation sites is 1. The molecule has 0 saturated heterocycles. The molecule has 8 heteroatoms. The number of thiazole rings is 1. The molecule has 0 N–H and O–H groups in total. The summed E-state index contributed by atoms with van der Waals surface area (Å²) in [4.78, 5) is 20.1. The lowest BCUT2D eigenvalue weighted by molar-refractivity contribution is -0.0512. The zero-order valence-electron chi connectivity index (χ0n) is 19.0. The van der Waals surface area contributed by atoms with Crippen molar-refractivity contribution in [1.29, 1.82) is 0 Å². The molecule has 0 unspecified atom stereocenters. The van der Waals surface area contributed by atoms with Crippen LogP contribution >= 0.6 is 11.3 Å². The predicted molar refractivity (Wildman–Crippen MR) is 130 cm³/mol. The monoisotopic (exact) mass is 482 g/mol. The maximum Gasteiger partial charge on any atom is 0.387 e. The molecule has 1 aromatic heterocycles. The van der Waals surface area contributed by atoms with E-state index >= 15 is 0 Å². The van der Waals surface area contributed by atoms with Crippen LogP contribution < -0.4 is 14.4 Å². The van der Waals surface area contributed by atoms with E-state index in [0.717, 1.165) is 21.3 Å². The summed E-state index contributed by atoms with van der Waals surface area (Å²) in [6.07, 6.45) is 0. The van der Waals surface area contributed by atoms with E-state index in [0.29, 0.717) is 11.7 Å². The van der Waals surface area contributed by atoms with Gasteiger partial charge in [0.15, 0.2) is 16.6 Å². The fourth-order valence-electron chi connectivity index (χ4n) is 3.68. The number of hydrogen-bond acceptors (Lipinski definition) is 5. The Hall–Kier alpha value is -3.52. The number of methoxy groups -OCH3 is 1. The number of halogens is 2. The minimum Gasteiger partial charge on any atom is -0.493 e. The highest BCUT2D eigenvalue weighted by atomic mass is 32.1. The average molecular weight is 483 g/mol. The van der Waals surface area contributed by atoms with Gasteiger partial charge >= 0.3 is 6.61 Å². The van der Waals surface area contributed by atoms with Crippen molar-refractivity contribution in [3.05, 3.63) is 83.4 Å². The lowest BCUT2D eigenvalue weighted by Gasteiger charge is -2.21. The lowest BCUT2D eigenvalue weighted by Crippen LogP contribution is -2.30. The molecule has 0 aliphatic carbocycles. The third-order valence-electron chi connectivity index (χ3n) is 5.35. The van der Waals surface area contributed by atoms with Gasteiger partial charge in [0.2, 0.25) is 0 Å². The Kier molecular flexibility index (Phi) is 7.07. The Bertz CT molecular complexity index is 1290. The van der Waals surface area contributed by atoms with Gasteiger partial charge in [0.25, 0.3) is 5.91 Å². The molecule has 34 heavy (non-hydrogen) atoms. The van der Waals surface area contributed by atoms with Crippen LogP contribution in [0, 0.1) is 0 Å². The first-order chi connectivity index (χ1) is 16.4. The molecular formula is C26H24F2N2O3S. The summed E-state index contributed by atoms with van der Waals surface area (Å²) in [5, 5.41) is 0.559. The molecule has 4 rings (SSSR count). The molecule has 0 bridgehead atoms. The number of alkyl halides is 2.